The molecule has 0 atom stereocenters. The van der Waals surface area contributed by atoms with Gasteiger partial charge in [-0.05, 0) is 13.8 Å². The summed E-state index contributed by atoms with van der Waals surface area (Å²) in [6, 6.07) is 0. The maximum Gasteiger partial charge on any atom is 0.274 e. The van der Waals surface area contributed by atoms with E-state index in [1.54, 1.807) is 11.9 Å². The van der Waals surface area contributed by atoms with Crippen molar-refractivity contribution in [1.82, 2.24) is 14.7 Å². The lowest BCUT2D eigenvalue weighted by Gasteiger charge is -2.38. The van der Waals surface area contributed by atoms with Crippen LogP contribution in [0.1, 0.15) is 24.3 Å². The summed E-state index contributed by atoms with van der Waals surface area (Å²) in [5.74, 6) is -0.0844. The number of rotatable bonds is 1. The number of nitrogens with zero attached hydrogens (tertiary/aromatic N) is 3. The van der Waals surface area contributed by atoms with E-state index < -0.39 is 0 Å². The first-order valence-electron chi connectivity index (χ1n) is 5.61. The topological polar surface area (TPSA) is 73.4 Å². The molecular formula is C11H18N4O2. The number of aromatic nitrogens is 2. The quantitative estimate of drug-likeness (QED) is 0.761. The summed E-state index contributed by atoms with van der Waals surface area (Å²) in [4.78, 5) is 14.1. The third-order valence-electron chi connectivity index (χ3n) is 2.88. The van der Waals surface area contributed by atoms with Crippen molar-refractivity contribution < 1.29 is 9.53 Å². The Morgan fingerprint density at radius 3 is 2.82 bits per heavy atom. The molecule has 6 nitrogen and oxygen atoms in total. The lowest BCUT2D eigenvalue weighted by atomic mass is 10.1. The molecule has 2 heterocycles. The molecule has 1 saturated heterocycles. The predicted molar refractivity (Wildman–Crippen MR) is 63.6 cm³/mol. The molecule has 17 heavy (non-hydrogen) atoms. The van der Waals surface area contributed by atoms with E-state index in [1.165, 1.54) is 10.9 Å². The fourth-order valence-electron chi connectivity index (χ4n) is 2.06. The first kappa shape index (κ1) is 11.9. The first-order valence-corrected chi connectivity index (χ1v) is 5.61. The first-order chi connectivity index (χ1) is 7.91. The number of carbonyl (C=O) groups excluding carboxylic acids is 1. The number of amides is 1. The van der Waals surface area contributed by atoms with Crippen LogP contribution in [0.5, 0.6) is 0 Å². The minimum absolute atomic E-state index is 0.0844. The highest BCUT2D eigenvalue weighted by molar-refractivity contribution is 5.97. The van der Waals surface area contributed by atoms with Gasteiger partial charge < -0.3 is 15.4 Å². The van der Waals surface area contributed by atoms with Crippen molar-refractivity contribution >= 4 is 11.6 Å². The van der Waals surface area contributed by atoms with Crippen LogP contribution in [0.25, 0.3) is 0 Å². The molecule has 1 aromatic heterocycles. The summed E-state index contributed by atoms with van der Waals surface area (Å²) in [5, 5.41) is 3.98. The molecule has 6 heteroatoms. The molecule has 94 valence electrons. The molecule has 0 aromatic carbocycles. The van der Waals surface area contributed by atoms with Gasteiger partial charge in [-0.3, -0.25) is 9.48 Å². The van der Waals surface area contributed by atoms with Crippen molar-refractivity contribution in [2.45, 2.75) is 19.4 Å². The summed E-state index contributed by atoms with van der Waals surface area (Å²) in [6.07, 6.45) is 1.50. The number of aryl methyl sites for hydroxylation is 1. The molecule has 1 amide bonds. The highest BCUT2D eigenvalue weighted by Gasteiger charge is 2.32. The van der Waals surface area contributed by atoms with Crippen LogP contribution >= 0.6 is 0 Å². The smallest absolute Gasteiger partial charge is 0.274 e. The van der Waals surface area contributed by atoms with Crippen molar-refractivity contribution in [3.8, 4) is 0 Å². The average Bonchev–Trinajstić information content (AvgIpc) is 2.56. The average molecular weight is 238 g/mol. The Labute approximate surface area is 100 Å². The zero-order valence-corrected chi connectivity index (χ0v) is 10.4. The Morgan fingerprint density at radius 1 is 1.59 bits per heavy atom. The summed E-state index contributed by atoms with van der Waals surface area (Å²) < 4.78 is 7.09. The molecule has 2 rings (SSSR count). The fourth-order valence-corrected chi connectivity index (χ4v) is 2.06. The SMILES string of the molecule is Cn1ncc(N)c1C(=O)N1CCOC(C)(C)C1. The Hall–Kier alpha value is -1.56. The van der Waals surface area contributed by atoms with Crippen LogP contribution in [0.3, 0.4) is 0 Å². The Morgan fingerprint density at radius 2 is 2.29 bits per heavy atom. The van der Waals surface area contributed by atoms with E-state index in [4.69, 9.17) is 10.5 Å². The normalized spacial score (nSPS) is 19.4. The van der Waals surface area contributed by atoms with Crippen molar-refractivity contribution in [2.75, 3.05) is 25.4 Å². The molecule has 0 aliphatic carbocycles. The van der Waals surface area contributed by atoms with Gasteiger partial charge in [0.15, 0.2) is 0 Å². The van der Waals surface area contributed by atoms with Gasteiger partial charge in [0.25, 0.3) is 5.91 Å². The van der Waals surface area contributed by atoms with Gasteiger partial charge >= 0.3 is 0 Å². The summed E-state index contributed by atoms with van der Waals surface area (Å²) in [6.45, 7) is 5.65. The molecule has 0 bridgehead atoms. The lowest BCUT2D eigenvalue weighted by molar-refractivity contribution is -0.0765. The summed E-state index contributed by atoms with van der Waals surface area (Å²) in [7, 11) is 1.72. The highest BCUT2D eigenvalue weighted by atomic mass is 16.5. The Kier molecular flexibility index (Phi) is 2.82. The van der Waals surface area contributed by atoms with E-state index in [-0.39, 0.29) is 11.5 Å². The van der Waals surface area contributed by atoms with Crippen LogP contribution in [0.2, 0.25) is 0 Å². The Balaban J connectivity index is 2.21. The van der Waals surface area contributed by atoms with Crippen LogP contribution in [0.15, 0.2) is 6.20 Å². The van der Waals surface area contributed by atoms with E-state index in [0.29, 0.717) is 31.1 Å². The van der Waals surface area contributed by atoms with Crippen LogP contribution in [0, 0.1) is 0 Å². The van der Waals surface area contributed by atoms with Crippen molar-refractivity contribution in [3.63, 3.8) is 0 Å². The molecule has 1 fully saturated rings. The van der Waals surface area contributed by atoms with Gasteiger partial charge in [-0.15, -0.1) is 0 Å². The van der Waals surface area contributed by atoms with Crippen LogP contribution in [-0.2, 0) is 11.8 Å². The van der Waals surface area contributed by atoms with Gasteiger partial charge in [0, 0.05) is 20.1 Å². The summed E-state index contributed by atoms with van der Waals surface area (Å²) >= 11 is 0. The van der Waals surface area contributed by atoms with E-state index in [9.17, 15) is 4.79 Å². The molecule has 2 N–H and O–H groups in total. The summed E-state index contributed by atoms with van der Waals surface area (Å²) in [5.41, 5.74) is 6.32. The van der Waals surface area contributed by atoms with E-state index in [0.717, 1.165) is 0 Å². The Bertz CT molecular complexity index is 419. The lowest BCUT2D eigenvalue weighted by Crippen LogP contribution is -2.51. The van der Waals surface area contributed by atoms with E-state index >= 15 is 0 Å². The van der Waals surface area contributed by atoms with Crippen molar-refractivity contribution in [1.29, 1.82) is 0 Å². The molecule has 0 spiro atoms. The number of nitrogens with two attached hydrogens (primary N) is 1. The maximum atomic E-state index is 12.3. The zero-order chi connectivity index (χ0) is 12.6. The molecule has 0 radical (unpaired) electrons. The third kappa shape index (κ3) is 2.26. The molecule has 1 aliphatic rings. The standard InChI is InChI=1S/C11H18N4O2/c1-11(2)7-15(4-5-17-11)10(16)9-8(12)6-13-14(9)3/h6H,4-5,7,12H2,1-3H3. The van der Waals surface area contributed by atoms with E-state index in [2.05, 4.69) is 5.10 Å². The molecule has 1 aliphatic heterocycles. The van der Waals surface area contributed by atoms with E-state index in [1.807, 2.05) is 13.8 Å². The van der Waals surface area contributed by atoms with Gasteiger partial charge in [-0.1, -0.05) is 0 Å². The predicted octanol–water partition coefficient (Wildman–Crippen LogP) is 0.253. The van der Waals surface area contributed by atoms with Crippen LogP contribution in [-0.4, -0.2) is 45.9 Å². The van der Waals surface area contributed by atoms with Gasteiger partial charge in [0.05, 0.1) is 24.1 Å². The number of hydrogen-bond donors (Lipinski definition) is 1. The van der Waals surface area contributed by atoms with Gasteiger partial charge in [0.1, 0.15) is 5.69 Å². The number of ether oxygens (including phenoxy) is 1. The fraction of sp³-hybridized carbons (Fsp3) is 0.636. The molecule has 0 unspecified atom stereocenters. The zero-order valence-electron chi connectivity index (χ0n) is 10.4. The third-order valence-corrected chi connectivity index (χ3v) is 2.88. The van der Waals surface area contributed by atoms with Gasteiger partial charge in [-0.25, -0.2) is 0 Å². The second kappa shape index (κ2) is 4.03. The molecule has 1 aromatic rings. The van der Waals surface area contributed by atoms with Crippen LogP contribution < -0.4 is 5.73 Å². The minimum atomic E-state index is -0.304. The second-order valence-electron chi connectivity index (χ2n) is 4.91. The van der Waals surface area contributed by atoms with Gasteiger partial charge in [-0.2, -0.15) is 5.10 Å². The minimum Gasteiger partial charge on any atom is -0.396 e. The molecule has 0 saturated carbocycles. The second-order valence-corrected chi connectivity index (χ2v) is 4.91. The van der Waals surface area contributed by atoms with Crippen LogP contribution in [0.4, 0.5) is 5.69 Å². The molecular weight excluding hydrogens is 220 g/mol. The maximum absolute atomic E-state index is 12.3. The number of carbonyl (C=O) groups is 1. The number of morpholine rings is 1. The number of nitrogen functional groups attached to an aromatic ring is 1. The van der Waals surface area contributed by atoms with Gasteiger partial charge in [0.2, 0.25) is 0 Å². The number of hydrogen-bond acceptors (Lipinski definition) is 4. The van der Waals surface area contributed by atoms with Crippen molar-refractivity contribution in [2.24, 2.45) is 7.05 Å². The monoisotopic (exact) mass is 238 g/mol. The van der Waals surface area contributed by atoms with Crippen molar-refractivity contribution in [3.05, 3.63) is 11.9 Å². The number of anilines is 1. The largest absolute Gasteiger partial charge is 0.396 e. The highest BCUT2D eigenvalue weighted by Crippen LogP contribution is 2.20.